The van der Waals surface area contributed by atoms with Crippen LogP contribution in [0, 0.1) is 0 Å². The third-order valence-corrected chi connectivity index (χ3v) is 3.07. The van der Waals surface area contributed by atoms with Gasteiger partial charge in [0.2, 0.25) is 5.91 Å². The molecule has 1 rings (SSSR count). The van der Waals surface area contributed by atoms with Crippen LogP contribution in [-0.2, 0) is 10.2 Å². The number of anilines is 1. The molecule has 1 amide bonds. The molecule has 0 spiro atoms. The molecular formula is C16H26N2O. The summed E-state index contributed by atoms with van der Waals surface area (Å²) in [7, 11) is 0. The summed E-state index contributed by atoms with van der Waals surface area (Å²) in [4.78, 5) is 11.9. The zero-order valence-corrected chi connectivity index (χ0v) is 12.5. The molecule has 106 valence electrons. The molecule has 1 atom stereocenters. The lowest BCUT2D eigenvalue weighted by atomic mass is 9.86. The van der Waals surface area contributed by atoms with Crippen LogP contribution in [0.2, 0.25) is 0 Å². The fraction of sp³-hybridized carbons (Fsp3) is 0.562. The number of carbonyl (C=O) groups is 1. The van der Waals surface area contributed by atoms with Gasteiger partial charge in [0.25, 0.3) is 0 Å². The van der Waals surface area contributed by atoms with Crippen LogP contribution in [0.5, 0.6) is 0 Å². The second kappa shape index (κ2) is 6.71. The highest BCUT2D eigenvalue weighted by Crippen LogP contribution is 2.29. The first kappa shape index (κ1) is 15.7. The lowest BCUT2D eigenvalue weighted by Gasteiger charge is -2.23. The van der Waals surface area contributed by atoms with Gasteiger partial charge in [-0.15, -0.1) is 0 Å². The smallest absolute Gasteiger partial charge is 0.224 e. The predicted molar refractivity (Wildman–Crippen MR) is 81.3 cm³/mol. The maximum atomic E-state index is 11.9. The zero-order valence-electron chi connectivity index (χ0n) is 12.5. The molecule has 0 heterocycles. The molecule has 1 aromatic rings. The second-order valence-corrected chi connectivity index (χ2v) is 6.21. The van der Waals surface area contributed by atoms with Crippen molar-refractivity contribution in [1.29, 1.82) is 0 Å². The molecule has 0 radical (unpaired) electrons. The fourth-order valence-corrected chi connectivity index (χ4v) is 2.04. The number of carbonyl (C=O) groups excluding carboxylic acids is 1. The highest BCUT2D eigenvalue weighted by molar-refractivity contribution is 5.91. The molecule has 3 N–H and O–H groups in total. The highest BCUT2D eigenvalue weighted by atomic mass is 16.1. The van der Waals surface area contributed by atoms with Crippen LogP contribution in [0.1, 0.15) is 52.5 Å². The normalized spacial score (nSPS) is 13.1. The topological polar surface area (TPSA) is 55.1 Å². The maximum absolute atomic E-state index is 11.9. The quantitative estimate of drug-likeness (QED) is 0.854. The molecular weight excluding hydrogens is 236 g/mol. The van der Waals surface area contributed by atoms with Gasteiger partial charge in [0, 0.05) is 18.2 Å². The molecule has 0 aromatic heterocycles. The van der Waals surface area contributed by atoms with Crippen molar-refractivity contribution in [2.24, 2.45) is 5.73 Å². The minimum atomic E-state index is 0.0235. The van der Waals surface area contributed by atoms with Gasteiger partial charge >= 0.3 is 0 Å². The molecule has 1 aromatic carbocycles. The Hall–Kier alpha value is -1.35. The van der Waals surface area contributed by atoms with Gasteiger partial charge in [-0.1, -0.05) is 39.0 Å². The van der Waals surface area contributed by atoms with E-state index in [1.54, 1.807) is 0 Å². The van der Waals surface area contributed by atoms with Crippen LogP contribution in [0.15, 0.2) is 24.3 Å². The third-order valence-electron chi connectivity index (χ3n) is 3.07. The van der Waals surface area contributed by atoms with E-state index < -0.39 is 0 Å². The zero-order chi connectivity index (χ0) is 14.5. The van der Waals surface area contributed by atoms with Crippen LogP contribution in [0.3, 0.4) is 0 Å². The lowest BCUT2D eigenvalue weighted by molar-refractivity contribution is -0.116. The van der Waals surface area contributed by atoms with E-state index in [-0.39, 0.29) is 17.4 Å². The molecule has 0 bridgehead atoms. The van der Waals surface area contributed by atoms with E-state index in [0.29, 0.717) is 6.42 Å². The third kappa shape index (κ3) is 5.43. The van der Waals surface area contributed by atoms with Crippen molar-refractivity contribution >= 4 is 11.6 Å². The first-order valence-electron chi connectivity index (χ1n) is 6.95. The van der Waals surface area contributed by atoms with Crippen molar-refractivity contribution in [3.05, 3.63) is 29.8 Å². The van der Waals surface area contributed by atoms with Crippen LogP contribution < -0.4 is 11.1 Å². The van der Waals surface area contributed by atoms with Crippen molar-refractivity contribution in [1.82, 2.24) is 0 Å². The number of amides is 1. The van der Waals surface area contributed by atoms with Crippen LogP contribution >= 0.6 is 0 Å². The fourth-order valence-electron chi connectivity index (χ4n) is 2.04. The van der Waals surface area contributed by atoms with Crippen molar-refractivity contribution in [2.75, 3.05) is 5.32 Å². The Morgan fingerprint density at radius 3 is 2.53 bits per heavy atom. The number of hydrogen-bond donors (Lipinski definition) is 2. The Labute approximate surface area is 116 Å². The number of para-hydroxylation sites is 1. The monoisotopic (exact) mass is 262 g/mol. The van der Waals surface area contributed by atoms with Gasteiger partial charge in [-0.3, -0.25) is 4.79 Å². The van der Waals surface area contributed by atoms with Gasteiger partial charge in [-0.2, -0.15) is 0 Å². The van der Waals surface area contributed by atoms with Crippen LogP contribution in [0.4, 0.5) is 5.69 Å². The van der Waals surface area contributed by atoms with Crippen LogP contribution in [0.25, 0.3) is 0 Å². The van der Waals surface area contributed by atoms with E-state index >= 15 is 0 Å². The largest absolute Gasteiger partial charge is 0.328 e. The number of rotatable bonds is 5. The SMILES string of the molecule is CC(N)CCCC(=O)Nc1ccccc1C(C)(C)C. The number of nitrogens with two attached hydrogens (primary N) is 1. The first-order valence-corrected chi connectivity index (χ1v) is 6.95. The summed E-state index contributed by atoms with van der Waals surface area (Å²) in [6, 6.07) is 8.15. The van der Waals surface area contributed by atoms with E-state index in [9.17, 15) is 4.79 Å². The van der Waals surface area contributed by atoms with E-state index in [0.717, 1.165) is 24.1 Å². The number of hydrogen-bond acceptors (Lipinski definition) is 2. The van der Waals surface area contributed by atoms with Gasteiger partial charge in [-0.05, 0) is 36.8 Å². The Morgan fingerprint density at radius 2 is 1.95 bits per heavy atom. The summed E-state index contributed by atoms with van der Waals surface area (Å²) in [6.45, 7) is 8.41. The molecule has 0 aliphatic carbocycles. The minimum absolute atomic E-state index is 0.0235. The summed E-state index contributed by atoms with van der Waals surface area (Å²) in [5, 5.41) is 3.01. The summed E-state index contributed by atoms with van der Waals surface area (Å²) < 4.78 is 0. The standard InChI is InChI=1S/C16H26N2O/c1-12(17)8-7-11-15(19)18-14-10-6-5-9-13(14)16(2,3)4/h5-6,9-10,12H,7-8,11,17H2,1-4H3,(H,18,19). The van der Waals surface area contributed by atoms with Crippen LogP contribution in [-0.4, -0.2) is 11.9 Å². The van der Waals surface area contributed by atoms with Gasteiger partial charge in [0.15, 0.2) is 0 Å². The van der Waals surface area contributed by atoms with Crippen molar-refractivity contribution < 1.29 is 4.79 Å². The Balaban J connectivity index is 2.64. The second-order valence-electron chi connectivity index (χ2n) is 6.21. The van der Waals surface area contributed by atoms with E-state index in [2.05, 4.69) is 32.2 Å². The van der Waals surface area contributed by atoms with E-state index in [4.69, 9.17) is 5.73 Å². The van der Waals surface area contributed by atoms with Crippen molar-refractivity contribution in [2.45, 2.75) is 58.4 Å². The Bertz CT molecular complexity index is 419. The molecule has 0 aliphatic heterocycles. The minimum Gasteiger partial charge on any atom is -0.328 e. The molecule has 3 nitrogen and oxygen atoms in total. The van der Waals surface area contributed by atoms with E-state index in [1.165, 1.54) is 0 Å². The van der Waals surface area contributed by atoms with E-state index in [1.807, 2.05) is 25.1 Å². The van der Waals surface area contributed by atoms with Crippen molar-refractivity contribution in [3.63, 3.8) is 0 Å². The average molecular weight is 262 g/mol. The summed E-state index contributed by atoms with van der Waals surface area (Å²) in [5.74, 6) is 0.0670. The Morgan fingerprint density at radius 1 is 1.32 bits per heavy atom. The van der Waals surface area contributed by atoms with Gasteiger partial charge < -0.3 is 11.1 Å². The number of benzene rings is 1. The van der Waals surface area contributed by atoms with Gasteiger partial charge in [0.1, 0.15) is 0 Å². The highest BCUT2D eigenvalue weighted by Gasteiger charge is 2.18. The van der Waals surface area contributed by atoms with Gasteiger partial charge in [-0.25, -0.2) is 0 Å². The molecule has 1 unspecified atom stereocenters. The van der Waals surface area contributed by atoms with Gasteiger partial charge in [0.05, 0.1) is 0 Å². The molecule has 19 heavy (non-hydrogen) atoms. The summed E-state index contributed by atoms with van der Waals surface area (Å²) >= 11 is 0. The predicted octanol–water partition coefficient (Wildman–Crippen LogP) is 3.44. The number of nitrogens with one attached hydrogen (secondary N) is 1. The molecule has 0 aliphatic rings. The molecule has 3 heteroatoms. The lowest BCUT2D eigenvalue weighted by Crippen LogP contribution is -2.19. The Kier molecular flexibility index (Phi) is 5.55. The molecule has 0 fully saturated rings. The maximum Gasteiger partial charge on any atom is 0.224 e. The molecule has 0 saturated heterocycles. The molecule has 0 saturated carbocycles. The average Bonchev–Trinajstić information content (AvgIpc) is 2.27. The summed E-state index contributed by atoms with van der Waals surface area (Å²) in [5.41, 5.74) is 7.78. The van der Waals surface area contributed by atoms with Crippen molar-refractivity contribution in [3.8, 4) is 0 Å². The summed E-state index contributed by atoms with van der Waals surface area (Å²) in [6.07, 6.45) is 2.25. The first-order chi connectivity index (χ1) is 8.80.